The average Bonchev–Trinajstić information content (AvgIpc) is 1.99. The zero-order valence-corrected chi connectivity index (χ0v) is 8.36. The van der Waals surface area contributed by atoms with Gasteiger partial charge < -0.3 is 4.90 Å². The number of hydrogen-bond acceptors (Lipinski definition) is 3. The third-order valence-corrected chi connectivity index (χ3v) is 2.40. The zero-order valence-electron chi connectivity index (χ0n) is 8.36. The standard InChI is InChI=1S/C11H14N2O/c1-9(14)8-10-4-2-5-11(12-10)13-6-3-7-13/h2,4-5H,3,6-8H2,1H3. The number of Topliss-reactive ketones (excluding diaryl/α,β-unsaturated/α-hetero) is 1. The molecule has 14 heavy (non-hydrogen) atoms. The number of ketones is 1. The van der Waals surface area contributed by atoms with Crippen molar-refractivity contribution in [2.45, 2.75) is 19.8 Å². The van der Waals surface area contributed by atoms with Crippen LogP contribution in [0.3, 0.4) is 0 Å². The molecule has 3 nitrogen and oxygen atoms in total. The summed E-state index contributed by atoms with van der Waals surface area (Å²) in [6, 6.07) is 5.88. The molecule has 2 heterocycles. The van der Waals surface area contributed by atoms with Gasteiger partial charge in [0.2, 0.25) is 0 Å². The first-order valence-corrected chi connectivity index (χ1v) is 4.96. The lowest BCUT2D eigenvalue weighted by Crippen LogP contribution is -2.37. The molecule has 0 N–H and O–H groups in total. The van der Waals surface area contributed by atoms with Crippen molar-refractivity contribution in [3.63, 3.8) is 0 Å². The van der Waals surface area contributed by atoms with E-state index in [2.05, 4.69) is 9.88 Å². The highest BCUT2D eigenvalue weighted by Gasteiger charge is 2.15. The van der Waals surface area contributed by atoms with Crippen LogP contribution in [0.15, 0.2) is 18.2 Å². The Hall–Kier alpha value is -1.38. The van der Waals surface area contributed by atoms with Gasteiger partial charge in [-0.15, -0.1) is 0 Å². The van der Waals surface area contributed by atoms with Crippen LogP contribution in [-0.2, 0) is 11.2 Å². The summed E-state index contributed by atoms with van der Waals surface area (Å²) in [5.74, 6) is 1.17. The first-order chi connectivity index (χ1) is 6.75. The Kier molecular flexibility index (Phi) is 2.48. The maximum absolute atomic E-state index is 10.9. The van der Waals surface area contributed by atoms with E-state index in [1.807, 2.05) is 18.2 Å². The summed E-state index contributed by atoms with van der Waals surface area (Å²) in [7, 11) is 0. The van der Waals surface area contributed by atoms with Crippen molar-refractivity contribution in [1.82, 2.24) is 4.98 Å². The third kappa shape index (κ3) is 1.92. The van der Waals surface area contributed by atoms with E-state index in [1.54, 1.807) is 6.92 Å². The Morgan fingerprint density at radius 2 is 2.29 bits per heavy atom. The molecular formula is C11H14N2O. The van der Waals surface area contributed by atoms with Gasteiger partial charge in [-0.05, 0) is 25.5 Å². The van der Waals surface area contributed by atoms with Crippen molar-refractivity contribution in [2.24, 2.45) is 0 Å². The summed E-state index contributed by atoms with van der Waals surface area (Å²) in [6.07, 6.45) is 1.69. The summed E-state index contributed by atoms with van der Waals surface area (Å²) >= 11 is 0. The van der Waals surface area contributed by atoms with Gasteiger partial charge in [-0.2, -0.15) is 0 Å². The Morgan fingerprint density at radius 3 is 2.86 bits per heavy atom. The Bertz CT molecular complexity index is 345. The number of rotatable bonds is 3. The van der Waals surface area contributed by atoms with Crippen molar-refractivity contribution >= 4 is 11.6 Å². The Balaban J connectivity index is 2.13. The maximum atomic E-state index is 10.9. The van der Waals surface area contributed by atoms with E-state index in [9.17, 15) is 4.79 Å². The van der Waals surface area contributed by atoms with E-state index in [0.29, 0.717) is 6.42 Å². The monoisotopic (exact) mass is 190 g/mol. The Labute approximate surface area is 83.8 Å². The van der Waals surface area contributed by atoms with E-state index in [1.165, 1.54) is 6.42 Å². The van der Waals surface area contributed by atoms with Gasteiger partial charge in [-0.1, -0.05) is 6.07 Å². The highest BCUT2D eigenvalue weighted by Crippen LogP contribution is 2.17. The molecule has 1 aromatic heterocycles. The highest BCUT2D eigenvalue weighted by atomic mass is 16.1. The van der Waals surface area contributed by atoms with Crippen LogP contribution in [0.2, 0.25) is 0 Å². The van der Waals surface area contributed by atoms with Crippen molar-refractivity contribution in [1.29, 1.82) is 0 Å². The summed E-state index contributed by atoms with van der Waals surface area (Å²) in [5, 5.41) is 0. The van der Waals surface area contributed by atoms with Crippen molar-refractivity contribution in [3.8, 4) is 0 Å². The van der Waals surface area contributed by atoms with Crippen LogP contribution in [0, 0.1) is 0 Å². The number of hydrogen-bond donors (Lipinski definition) is 0. The van der Waals surface area contributed by atoms with E-state index in [0.717, 1.165) is 24.6 Å². The molecule has 1 aliphatic heterocycles. The van der Waals surface area contributed by atoms with Crippen LogP contribution in [0.5, 0.6) is 0 Å². The van der Waals surface area contributed by atoms with Gasteiger partial charge in [-0.25, -0.2) is 4.98 Å². The lowest BCUT2D eigenvalue weighted by molar-refractivity contribution is -0.116. The second-order valence-electron chi connectivity index (χ2n) is 3.71. The fourth-order valence-electron chi connectivity index (χ4n) is 1.54. The van der Waals surface area contributed by atoms with E-state index in [4.69, 9.17) is 0 Å². The molecule has 0 aliphatic carbocycles. The number of carbonyl (C=O) groups is 1. The van der Waals surface area contributed by atoms with E-state index < -0.39 is 0 Å². The first kappa shape index (κ1) is 9.19. The molecule has 0 unspecified atom stereocenters. The molecule has 1 aliphatic rings. The van der Waals surface area contributed by atoms with Crippen molar-refractivity contribution in [2.75, 3.05) is 18.0 Å². The number of nitrogens with zero attached hydrogens (tertiary/aromatic N) is 2. The summed E-state index contributed by atoms with van der Waals surface area (Å²) in [6.45, 7) is 3.78. The van der Waals surface area contributed by atoms with Gasteiger partial charge in [-0.3, -0.25) is 4.79 Å². The lowest BCUT2D eigenvalue weighted by atomic mass is 10.2. The van der Waals surface area contributed by atoms with Crippen LogP contribution in [0.4, 0.5) is 5.82 Å². The quantitative estimate of drug-likeness (QED) is 0.722. The van der Waals surface area contributed by atoms with Gasteiger partial charge in [0, 0.05) is 19.5 Å². The summed E-state index contributed by atoms with van der Waals surface area (Å²) < 4.78 is 0. The molecule has 1 saturated heterocycles. The molecule has 2 rings (SSSR count). The van der Waals surface area contributed by atoms with Gasteiger partial charge in [0.1, 0.15) is 11.6 Å². The first-order valence-electron chi connectivity index (χ1n) is 4.96. The van der Waals surface area contributed by atoms with Gasteiger partial charge in [0.25, 0.3) is 0 Å². The molecule has 0 amide bonds. The summed E-state index contributed by atoms with van der Waals surface area (Å²) in [5.41, 5.74) is 0.877. The smallest absolute Gasteiger partial charge is 0.135 e. The lowest BCUT2D eigenvalue weighted by Gasteiger charge is -2.32. The average molecular weight is 190 g/mol. The third-order valence-electron chi connectivity index (χ3n) is 2.40. The molecule has 74 valence electrons. The van der Waals surface area contributed by atoms with Crippen LogP contribution < -0.4 is 4.90 Å². The fraction of sp³-hybridized carbons (Fsp3) is 0.455. The zero-order chi connectivity index (χ0) is 9.97. The molecule has 1 fully saturated rings. The fourth-order valence-corrected chi connectivity index (χ4v) is 1.54. The molecule has 1 aromatic rings. The van der Waals surface area contributed by atoms with E-state index in [-0.39, 0.29) is 5.78 Å². The number of aromatic nitrogens is 1. The van der Waals surface area contributed by atoms with Crippen LogP contribution in [0.25, 0.3) is 0 Å². The predicted octanol–water partition coefficient (Wildman–Crippen LogP) is 1.42. The molecule has 0 bridgehead atoms. The molecule has 0 aromatic carbocycles. The minimum absolute atomic E-state index is 0.165. The van der Waals surface area contributed by atoms with Crippen molar-refractivity contribution < 1.29 is 4.79 Å². The molecule has 0 atom stereocenters. The van der Waals surface area contributed by atoms with Crippen LogP contribution in [-0.4, -0.2) is 23.9 Å². The number of carbonyl (C=O) groups excluding carboxylic acids is 1. The SMILES string of the molecule is CC(=O)Cc1cccc(N2CCC2)n1. The van der Waals surface area contributed by atoms with Crippen LogP contribution >= 0.6 is 0 Å². The Morgan fingerprint density at radius 1 is 1.50 bits per heavy atom. The molecular weight excluding hydrogens is 176 g/mol. The molecule has 3 heteroatoms. The summed E-state index contributed by atoms with van der Waals surface area (Å²) in [4.78, 5) is 17.6. The van der Waals surface area contributed by atoms with Gasteiger partial charge in [0.15, 0.2) is 0 Å². The second-order valence-corrected chi connectivity index (χ2v) is 3.71. The molecule has 0 saturated carbocycles. The second kappa shape index (κ2) is 3.78. The maximum Gasteiger partial charge on any atom is 0.135 e. The number of pyridine rings is 1. The van der Waals surface area contributed by atoms with Crippen LogP contribution in [0.1, 0.15) is 19.0 Å². The molecule has 0 spiro atoms. The minimum Gasteiger partial charge on any atom is -0.356 e. The predicted molar refractivity (Wildman–Crippen MR) is 55.5 cm³/mol. The molecule has 0 radical (unpaired) electrons. The minimum atomic E-state index is 0.165. The largest absolute Gasteiger partial charge is 0.356 e. The van der Waals surface area contributed by atoms with E-state index >= 15 is 0 Å². The topological polar surface area (TPSA) is 33.2 Å². The number of anilines is 1. The normalized spacial score (nSPS) is 15.1. The van der Waals surface area contributed by atoms with Crippen molar-refractivity contribution in [3.05, 3.63) is 23.9 Å². The highest BCUT2D eigenvalue weighted by molar-refractivity contribution is 5.77. The van der Waals surface area contributed by atoms with Gasteiger partial charge >= 0.3 is 0 Å². The van der Waals surface area contributed by atoms with Gasteiger partial charge in [0.05, 0.1) is 5.69 Å².